The average molecular weight is 394 g/mol. The van der Waals surface area contributed by atoms with Crippen molar-refractivity contribution in [2.45, 2.75) is 43.7 Å². The molecule has 5 nitrogen and oxygen atoms in total. The fraction of sp³-hybridized carbons (Fsp3) is 0.667. The first kappa shape index (κ1) is 20.6. The summed E-state index contributed by atoms with van der Waals surface area (Å²) in [4.78, 5) is 17.5. The van der Waals surface area contributed by atoms with Crippen molar-refractivity contribution >= 4 is 18.3 Å². The van der Waals surface area contributed by atoms with Crippen LogP contribution in [-0.2, 0) is 9.53 Å². The summed E-state index contributed by atoms with van der Waals surface area (Å²) in [5, 5.41) is 0. The molecule has 2 heterocycles. The van der Waals surface area contributed by atoms with Crippen molar-refractivity contribution in [1.82, 2.24) is 9.80 Å². The molecule has 2 N–H and O–H groups in total. The number of ether oxygens (including phenoxy) is 1. The van der Waals surface area contributed by atoms with Gasteiger partial charge >= 0.3 is 0 Å². The molecular weight excluding hydrogens is 362 g/mol. The number of carbonyl (C=O) groups excluding carboxylic acids is 1. The molecule has 4 rings (SSSR count). The van der Waals surface area contributed by atoms with E-state index < -0.39 is 0 Å². The molecule has 1 saturated carbocycles. The van der Waals surface area contributed by atoms with Crippen molar-refractivity contribution in [3.05, 3.63) is 35.9 Å². The topological polar surface area (TPSA) is 58.8 Å². The number of rotatable bonds is 4. The summed E-state index contributed by atoms with van der Waals surface area (Å²) in [6, 6.07) is 10.9. The predicted molar refractivity (Wildman–Crippen MR) is 109 cm³/mol. The average Bonchev–Trinajstić information content (AvgIpc) is 3.11. The molecule has 2 unspecified atom stereocenters. The third-order valence-corrected chi connectivity index (χ3v) is 6.46. The van der Waals surface area contributed by atoms with E-state index in [4.69, 9.17) is 10.5 Å². The van der Waals surface area contributed by atoms with Gasteiger partial charge in [0.1, 0.15) is 0 Å². The minimum atomic E-state index is 0. The number of nitrogens with zero attached hydrogens (tertiary/aromatic N) is 2. The van der Waals surface area contributed by atoms with Gasteiger partial charge in [-0.05, 0) is 30.9 Å². The van der Waals surface area contributed by atoms with Crippen LogP contribution in [0.15, 0.2) is 30.3 Å². The monoisotopic (exact) mass is 393 g/mol. The SMILES string of the molecule is Cl.NC[C@@H]1CN(CC(=O)N2CCOC3CCCCC32)C[C@H]1c1ccccc1. The smallest absolute Gasteiger partial charge is 0.237 e. The van der Waals surface area contributed by atoms with Gasteiger partial charge in [-0.15, -0.1) is 12.4 Å². The standard InChI is InChI=1S/C21H31N3O2.ClH/c22-12-17-13-23(14-18(17)16-6-2-1-3-7-16)15-21(25)24-10-11-26-20-9-5-4-8-19(20)24;/h1-3,6-7,17-20H,4-5,8-15,22H2;1H/t17-,18+,19?,20?;/m1./s1. The number of hydrogen-bond donors (Lipinski definition) is 1. The van der Waals surface area contributed by atoms with Gasteiger partial charge < -0.3 is 15.4 Å². The van der Waals surface area contributed by atoms with Crippen LogP contribution < -0.4 is 5.73 Å². The first-order chi connectivity index (χ1) is 12.8. The molecule has 27 heavy (non-hydrogen) atoms. The van der Waals surface area contributed by atoms with Gasteiger partial charge in [-0.3, -0.25) is 9.69 Å². The molecule has 3 fully saturated rings. The number of hydrogen-bond acceptors (Lipinski definition) is 4. The van der Waals surface area contributed by atoms with E-state index in [1.165, 1.54) is 18.4 Å². The quantitative estimate of drug-likeness (QED) is 0.852. The van der Waals surface area contributed by atoms with Gasteiger partial charge in [-0.25, -0.2) is 0 Å². The number of nitrogens with two attached hydrogens (primary N) is 1. The van der Waals surface area contributed by atoms with Crippen molar-refractivity contribution < 1.29 is 9.53 Å². The Balaban J connectivity index is 0.00000210. The van der Waals surface area contributed by atoms with Crippen molar-refractivity contribution in [3.8, 4) is 0 Å². The van der Waals surface area contributed by atoms with Crippen LogP contribution >= 0.6 is 12.4 Å². The predicted octanol–water partition coefficient (Wildman–Crippen LogP) is 2.25. The molecule has 1 aromatic carbocycles. The van der Waals surface area contributed by atoms with E-state index in [9.17, 15) is 4.79 Å². The fourth-order valence-corrected chi connectivity index (χ4v) is 5.09. The van der Waals surface area contributed by atoms with E-state index in [1.54, 1.807) is 0 Å². The minimum Gasteiger partial charge on any atom is -0.374 e. The Morgan fingerprint density at radius 2 is 1.93 bits per heavy atom. The molecule has 1 aliphatic carbocycles. The lowest BCUT2D eigenvalue weighted by atomic mass is 9.89. The maximum atomic E-state index is 13.0. The summed E-state index contributed by atoms with van der Waals surface area (Å²) < 4.78 is 5.92. The zero-order valence-corrected chi connectivity index (χ0v) is 16.8. The maximum Gasteiger partial charge on any atom is 0.237 e. The first-order valence-corrected chi connectivity index (χ1v) is 10.1. The van der Waals surface area contributed by atoms with Gasteiger partial charge in [-0.2, -0.15) is 0 Å². The second-order valence-electron chi connectivity index (χ2n) is 8.06. The lowest BCUT2D eigenvalue weighted by Crippen LogP contribution is -2.56. The Hall–Kier alpha value is -1.14. The molecule has 3 aliphatic rings. The van der Waals surface area contributed by atoms with E-state index >= 15 is 0 Å². The molecule has 2 aliphatic heterocycles. The Bertz CT molecular complexity index is 613. The Kier molecular flexibility index (Phi) is 7.15. The zero-order chi connectivity index (χ0) is 17.9. The number of halogens is 1. The molecule has 2 saturated heterocycles. The number of morpholine rings is 1. The molecule has 0 radical (unpaired) electrons. The highest BCUT2D eigenvalue weighted by Gasteiger charge is 2.39. The summed E-state index contributed by atoms with van der Waals surface area (Å²) in [7, 11) is 0. The highest BCUT2D eigenvalue weighted by atomic mass is 35.5. The van der Waals surface area contributed by atoms with Crippen LogP contribution in [0.1, 0.15) is 37.2 Å². The van der Waals surface area contributed by atoms with E-state index in [2.05, 4.69) is 40.1 Å². The summed E-state index contributed by atoms with van der Waals surface area (Å²) in [5.41, 5.74) is 7.39. The van der Waals surface area contributed by atoms with Crippen molar-refractivity contribution in [3.63, 3.8) is 0 Å². The molecule has 6 heteroatoms. The highest BCUT2D eigenvalue weighted by Crippen LogP contribution is 2.33. The number of amides is 1. The number of carbonyl (C=O) groups is 1. The summed E-state index contributed by atoms with van der Waals surface area (Å²) in [5.74, 6) is 1.13. The number of fused-ring (bicyclic) bond motifs is 1. The molecule has 150 valence electrons. The van der Waals surface area contributed by atoms with Crippen LogP contribution in [0.2, 0.25) is 0 Å². The van der Waals surface area contributed by atoms with Crippen molar-refractivity contribution in [2.75, 3.05) is 39.3 Å². The zero-order valence-electron chi connectivity index (χ0n) is 16.0. The second-order valence-corrected chi connectivity index (χ2v) is 8.06. The van der Waals surface area contributed by atoms with Crippen LogP contribution in [0.5, 0.6) is 0 Å². The number of benzene rings is 1. The van der Waals surface area contributed by atoms with Crippen LogP contribution in [0.25, 0.3) is 0 Å². The molecular formula is C21H32ClN3O2. The van der Waals surface area contributed by atoms with Crippen LogP contribution in [0, 0.1) is 5.92 Å². The van der Waals surface area contributed by atoms with Gasteiger partial charge in [0.15, 0.2) is 0 Å². The summed E-state index contributed by atoms with van der Waals surface area (Å²) >= 11 is 0. The van der Waals surface area contributed by atoms with Crippen molar-refractivity contribution in [1.29, 1.82) is 0 Å². The van der Waals surface area contributed by atoms with E-state index in [-0.39, 0.29) is 24.4 Å². The Morgan fingerprint density at radius 3 is 2.70 bits per heavy atom. The first-order valence-electron chi connectivity index (χ1n) is 10.1. The van der Waals surface area contributed by atoms with Gasteiger partial charge in [0.2, 0.25) is 5.91 Å². The van der Waals surface area contributed by atoms with Crippen LogP contribution in [0.3, 0.4) is 0 Å². The third-order valence-electron chi connectivity index (χ3n) is 6.46. The van der Waals surface area contributed by atoms with Crippen LogP contribution in [-0.4, -0.2) is 67.2 Å². The minimum absolute atomic E-state index is 0. The molecule has 4 atom stereocenters. The van der Waals surface area contributed by atoms with E-state index in [1.807, 2.05) is 0 Å². The molecule has 0 aromatic heterocycles. The normalized spacial score (nSPS) is 31.2. The Morgan fingerprint density at radius 1 is 1.15 bits per heavy atom. The van der Waals surface area contributed by atoms with Gasteiger partial charge in [0.05, 0.1) is 25.3 Å². The Labute approximate surface area is 168 Å². The lowest BCUT2D eigenvalue weighted by molar-refractivity contribution is -0.150. The van der Waals surface area contributed by atoms with Gasteiger partial charge in [0, 0.05) is 25.6 Å². The fourth-order valence-electron chi connectivity index (χ4n) is 5.09. The van der Waals surface area contributed by atoms with Crippen molar-refractivity contribution in [2.24, 2.45) is 11.7 Å². The highest BCUT2D eigenvalue weighted by molar-refractivity contribution is 5.85. The molecule has 1 amide bonds. The summed E-state index contributed by atoms with van der Waals surface area (Å²) in [6.07, 6.45) is 4.89. The van der Waals surface area contributed by atoms with Crippen LogP contribution in [0.4, 0.5) is 0 Å². The second kappa shape index (κ2) is 9.37. The third kappa shape index (κ3) is 4.48. The lowest BCUT2D eigenvalue weighted by Gasteiger charge is -2.44. The molecule has 0 bridgehead atoms. The maximum absolute atomic E-state index is 13.0. The number of likely N-dealkylation sites (tertiary alicyclic amines) is 1. The van der Waals surface area contributed by atoms with Gasteiger partial charge in [0.25, 0.3) is 0 Å². The largest absolute Gasteiger partial charge is 0.374 e. The van der Waals surface area contributed by atoms with E-state index in [0.29, 0.717) is 37.6 Å². The molecule has 1 aromatic rings. The molecule has 0 spiro atoms. The van der Waals surface area contributed by atoms with E-state index in [0.717, 1.165) is 32.5 Å². The summed E-state index contributed by atoms with van der Waals surface area (Å²) in [6.45, 7) is 4.47. The van der Waals surface area contributed by atoms with Gasteiger partial charge in [-0.1, -0.05) is 43.2 Å².